The second-order valence-electron chi connectivity index (χ2n) is 4.73. The summed E-state index contributed by atoms with van der Waals surface area (Å²) in [5.74, 6) is -1.61. The molecule has 114 valence electrons. The fourth-order valence-corrected chi connectivity index (χ4v) is 2.82. The number of thiophene rings is 1. The molecule has 1 aromatic rings. The number of carbonyl (C=O) groups excluding carboxylic acids is 2. The molecular formula is C13H17N3O4S. The normalized spacial score (nSPS) is 19.0. The minimum absolute atomic E-state index is 0.0245. The lowest BCUT2D eigenvalue weighted by molar-refractivity contribution is -0.144. The Labute approximate surface area is 125 Å². The van der Waals surface area contributed by atoms with Crippen molar-refractivity contribution in [2.45, 2.75) is 19.0 Å². The Morgan fingerprint density at radius 1 is 1.52 bits per heavy atom. The van der Waals surface area contributed by atoms with Gasteiger partial charge < -0.3 is 15.7 Å². The molecule has 1 saturated heterocycles. The van der Waals surface area contributed by atoms with Crippen LogP contribution < -0.4 is 10.6 Å². The monoisotopic (exact) mass is 311 g/mol. The van der Waals surface area contributed by atoms with E-state index >= 15 is 0 Å². The number of nitrogens with one attached hydrogen (secondary N) is 2. The lowest BCUT2D eigenvalue weighted by Gasteiger charge is -2.33. The largest absolute Gasteiger partial charge is 0.481 e. The maximum atomic E-state index is 11.9. The van der Waals surface area contributed by atoms with Crippen molar-refractivity contribution in [2.24, 2.45) is 0 Å². The smallest absolute Gasteiger partial charge is 0.305 e. The SMILES string of the molecule is O=C(O)CC1C(=O)NCCN1CC(=O)NCc1cccs1. The topological polar surface area (TPSA) is 98.7 Å². The number of piperazine rings is 1. The molecule has 2 amide bonds. The van der Waals surface area contributed by atoms with Crippen molar-refractivity contribution in [3.8, 4) is 0 Å². The number of aliphatic carboxylic acids is 1. The van der Waals surface area contributed by atoms with Gasteiger partial charge in [-0.15, -0.1) is 11.3 Å². The fraction of sp³-hybridized carbons (Fsp3) is 0.462. The highest BCUT2D eigenvalue weighted by atomic mass is 32.1. The van der Waals surface area contributed by atoms with E-state index in [9.17, 15) is 14.4 Å². The molecule has 2 heterocycles. The van der Waals surface area contributed by atoms with Gasteiger partial charge in [0.1, 0.15) is 6.04 Å². The van der Waals surface area contributed by atoms with Crippen LogP contribution in [0.15, 0.2) is 17.5 Å². The van der Waals surface area contributed by atoms with Gasteiger partial charge in [0, 0.05) is 18.0 Å². The molecule has 1 aromatic heterocycles. The van der Waals surface area contributed by atoms with E-state index in [0.717, 1.165) is 4.88 Å². The van der Waals surface area contributed by atoms with E-state index < -0.39 is 12.0 Å². The van der Waals surface area contributed by atoms with E-state index in [2.05, 4.69) is 10.6 Å². The highest BCUT2D eigenvalue weighted by Crippen LogP contribution is 2.10. The van der Waals surface area contributed by atoms with Crippen molar-refractivity contribution in [2.75, 3.05) is 19.6 Å². The zero-order valence-corrected chi connectivity index (χ0v) is 12.2. The van der Waals surface area contributed by atoms with Crippen LogP contribution in [0.4, 0.5) is 0 Å². The van der Waals surface area contributed by atoms with E-state index in [0.29, 0.717) is 19.6 Å². The molecule has 8 heteroatoms. The highest BCUT2D eigenvalue weighted by molar-refractivity contribution is 7.09. The average molecular weight is 311 g/mol. The zero-order chi connectivity index (χ0) is 15.2. The van der Waals surface area contributed by atoms with Crippen LogP contribution >= 0.6 is 11.3 Å². The first-order valence-electron chi connectivity index (χ1n) is 6.59. The number of rotatable bonds is 6. The summed E-state index contributed by atoms with van der Waals surface area (Å²) in [7, 11) is 0. The van der Waals surface area contributed by atoms with Crippen LogP contribution in [0, 0.1) is 0 Å². The second-order valence-corrected chi connectivity index (χ2v) is 5.76. The summed E-state index contributed by atoms with van der Waals surface area (Å²) in [5, 5.41) is 16.2. The third-order valence-corrected chi connectivity index (χ3v) is 4.07. The molecule has 0 radical (unpaired) electrons. The summed E-state index contributed by atoms with van der Waals surface area (Å²) in [6, 6.07) is 3.04. The highest BCUT2D eigenvalue weighted by Gasteiger charge is 2.32. The number of nitrogens with zero attached hydrogens (tertiary/aromatic N) is 1. The summed E-state index contributed by atoms with van der Waals surface area (Å²) in [6.45, 7) is 1.36. The van der Waals surface area contributed by atoms with Gasteiger partial charge in [-0.05, 0) is 11.4 Å². The number of hydrogen-bond donors (Lipinski definition) is 3. The van der Waals surface area contributed by atoms with Gasteiger partial charge in [-0.3, -0.25) is 19.3 Å². The molecule has 0 saturated carbocycles. The van der Waals surface area contributed by atoms with Crippen LogP contribution in [0.2, 0.25) is 0 Å². The summed E-state index contributed by atoms with van der Waals surface area (Å²) in [6.07, 6.45) is -0.302. The molecule has 0 aromatic carbocycles. The standard InChI is InChI=1S/C13H17N3O4S/c17-11(15-7-9-2-1-5-21-9)8-16-4-3-14-13(20)10(16)6-12(18)19/h1-2,5,10H,3-4,6-8H2,(H,14,20)(H,15,17)(H,18,19). The first-order valence-corrected chi connectivity index (χ1v) is 7.47. The first-order chi connectivity index (χ1) is 10.1. The van der Waals surface area contributed by atoms with Crippen molar-refractivity contribution in [1.82, 2.24) is 15.5 Å². The third-order valence-electron chi connectivity index (χ3n) is 3.20. The van der Waals surface area contributed by atoms with E-state index in [1.807, 2.05) is 17.5 Å². The van der Waals surface area contributed by atoms with Gasteiger partial charge in [-0.25, -0.2) is 0 Å². The minimum atomic E-state index is -1.05. The van der Waals surface area contributed by atoms with Gasteiger partial charge in [-0.2, -0.15) is 0 Å². The number of amides is 2. The molecule has 0 aliphatic carbocycles. The van der Waals surface area contributed by atoms with Crippen molar-refractivity contribution in [3.05, 3.63) is 22.4 Å². The Hall–Kier alpha value is -1.93. The molecule has 1 unspecified atom stereocenters. The molecule has 1 atom stereocenters. The van der Waals surface area contributed by atoms with Crippen LogP contribution in [0.25, 0.3) is 0 Å². The first kappa shape index (κ1) is 15.5. The quantitative estimate of drug-likeness (QED) is 0.666. The van der Waals surface area contributed by atoms with E-state index in [4.69, 9.17) is 5.11 Å². The Kier molecular flexibility index (Phi) is 5.29. The molecule has 1 aliphatic rings. The Bertz CT molecular complexity index is 517. The third kappa shape index (κ3) is 4.54. The molecule has 2 rings (SSSR count). The predicted molar refractivity (Wildman–Crippen MR) is 76.8 cm³/mol. The van der Waals surface area contributed by atoms with Crippen LogP contribution in [-0.4, -0.2) is 53.5 Å². The maximum Gasteiger partial charge on any atom is 0.305 e. The van der Waals surface area contributed by atoms with Crippen LogP contribution in [-0.2, 0) is 20.9 Å². The molecule has 3 N–H and O–H groups in total. The Balaban J connectivity index is 1.87. The summed E-state index contributed by atoms with van der Waals surface area (Å²) < 4.78 is 0. The van der Waals surface area contributed by atoms with E-state index in [1.165, 1.54) is 0 Å². The lowest BCUT2D eigenvalue weighted by Crippen LogP contribution is -2.57. The van der Waals surface area contributed by atoms with Gasteiger partial charge in [0.15, 0.2) is 0 Å². The van der Waals surface area contributed by atoms with Gasteiger partial charge in [0.2, 0.25) is 11.8 Å². The van der Waals surface area contributed by atoms with Crippen molar-refractivity contribution >= 4 is 29.1 Å². The second kappa shape index (κ2) is 7.19. The molecule has 1 fully saturated rings. The fourth-order valence-electron chi connectivity index (χ4n) is 2.18. The maximum absolute atomic E-state index is 11.9. The Morgan fingerprint density at radius 2 is 2.33 bits per heavy atom. The van der Waals surface area contributed by atoms with Gasteiger partial charge in [0.25, 0.3) is 0 Å². The molecule has 1 aliphatic heterocycles. The number of hydrogen-bond acceptors (Lipinski definition) is 5. The van der Waals surface area contributed by atoms with Crippen molar-refractivity contribution in [1.29, 1.82) is 0 Å². The Morgan fingerprint density at radius 3 is 3.00 bits per heavy atom. The number of carboxylic acids is 1. The van der Waals surface area contributed by atoms with Crippen LogP contribution in [0.1, 0.15) is 11.3 Å². The molecular weight excluding hydrogens is 294 g/mol. The average Bonchev–Trinajstić information content (AvgIpc) is 2.93. The number of carboxylic acid groups (broad SMARTS) is 1. The molecule has 7 nitrogen and oxygen atoms in total. The summed E-state index contributed by atoms with van der Waals surface area (Å²) >= 11 is 1.55. The molecule has 21 heavy (non-hydrogen) atoms. The predicted octanol–water partition coefficient (Wildman–Crippen LogP) is -0.361. The summed E-state index contributed by atoms with van der Waals surface area (Å²) in [4.78, 5) is 37.1. The molecule has 0 bridgehead atoms. The van der Waals surface area contributed by atoms with Crippen LogP contribution in [0.3, 0.4) is 0 Å². The van der Waals surface area contributed by atoms with Gasteiger partial charge in [0.05, 0.1) is 19.5 Å². The minimum Gasteiger partial charge on any atom is -0.481 e. The lowest BCUT2D eigenvalue weighted by atomic mass is 10.1. The van der Waals surface area contributed by atoms with Crippen LogP contribution in [0.5, 0.6) is 0 Å². The van der Waals surface area contributed by atoms with Crippen molar-refractivity contribution in [3.63, 3.8) is 0 Å². The van der Waals surface area contributed by atoms with Gasteiger partial charge in [-0.1, -0.05) is 6.07 Å². The van der Waals surface area contributed by atoms with E-state index in [1.54, 1.807) is 16.2 Å². The van der Waals surface area contributed by atoms with E-state index in [-0.39, 0.29) is 24.8 Å². The zero-order valence-electron chi connectivity index (χ0n) is 11.4. The van der Waals surface area contributed by atoms with Crippen molar-refractivity contribution < 1.29 is 19.5 Å². The van der Waals surface area contributed by atoms with Gasteiger partial charge >= 0.3 is 5.97 Å². The number of carbonyl (C=O) groups is 3. The summed E-state index contributed by atoms with van der Waals surface area (Å²) in [5.41, 5.74) is 0. The molecule has 0 spiro atoms.